The summed E-state index contributed by atoms with van der Waals surface area (Å²) in [5, 5.41) is 2.61. The zero-order valence-corrected chi connectivity index (χ0v) is 11.6. The quantitative estimate of drug-likeness (QED) is 0.850. The number of ketones is 1. The van der Waals surface area contributed by atoms with Gasteiger partial charge in [0.25, 0.3) is 0 Å². The molecular weight excluding hydrogens is 272 g/mol. The zero-order chi connectivity index (χ0) is 13.5. The first kappa shape index (κ1) is 12.4. The van der Waals surface area contributed by atoms with E-state index >= 15 is 0 Å². The molecule has 0 unspecified atom stereocenters. The van der Waals surface area contributed by atoms with Gasteiger partial charge in [-0.25, -0.2) is 0 Å². The first-order valence-corrected chi connectivity index (χ1v) is 7.63. The number of fused-ring (bicyclic) bond motifs is 3. The number of thioether (sulfide) groups is 1. The average Bonchev–Trinajstić information content (AvgIpc) is 2.91. The summed E-state index contributed by atoms with van der Waals surface area (Å²) in [6, 6.07) is 14.7. The van der Waals surface area contributed by atoms with Crippen molar-refractivity contribution in [3.63, 3.8) is 0 Å². The van der Waals surface area contributed by atoms with Gasteiger partial charge in [0, 0.05) is 16.6 Å². The third-order valence-electron chi connectivity index (χ3n) is 3.80. The van der Waals surface area contributed by atoms with Gasteiger partial charge in [0.05, 0.1) is 12.7 Å². The summed E-state index contributed by atoms with van der Waals surface area (Å²) in [5.41, 5.74) is 0. The molecule has 20 heavy (non-hydrogen) atoms. The molecular formula is C16H14O3S. The lowest BCUT2D eigenvalue weighted by Crippen LogP contribution is -2.37. The molecule has 0 spiro atoms. The minimum Gasteiger partial charge on any atom is -0.343 e. The Bertz CT molecular complexity index is 670. The van der Waals surface area contributed by atoms with Gasteiger partial charge >= 0.3 is 0 Å². The topological polar surface area (TPSA) is 35.5 Å². The number of carbonyl (C=O) groups excluding carboxylic acids is 1. The fourth-order valence-corrected chi connectivity index (χ4v) is 3.98. The molecule has 0 aromatic heterocycles. The van der Waals surface area contributed by atoms with Crippen LogP contribution in [0.2, 0.25) is 0 Å². The van der Waals surface area contributed by atoms with Crippen LogP contribution in [0.1, 0.15) is 6.42 Å². The van der Waals surface area contributed by atoms with Gasteiger partial charge in [0.1, 0.15) is 0 Å². The first-order valence-electron chi connectivity index (χ1n) is 6.75. The van der Waals surface area contributed by atoms with Crippen LogP contribution >= 0.6 is 11.8 Å². The molecule has 0 N–H and O–H groups in total. The SMILES string of the molecule is O=C1C[C@H](Sc2ccc3ccccc3c2)[C@H]2CO[C@@H]1O2. The highest BCUT2D eigenvalue weighted by Gasteiger charge is 2.43. The smallest absolute Gasteiger partial charge is 0.218 e. The van der Waals surface area contributed by atoms with Crippen LogP contribution in [0.15, 0.2) is 47.4 Å². The monoisotopic (exact) mass is 286 g/mol. The maximum Gasteiger partial charge on any atom is 0.218 e. The number of rotatable bonds is 2. The third kappa shape index (κ3) is 2.14. The van der Waals surface area contributed by atoms with Crippen molar-refractivity contribution >= 4 is 28.3 Å². The Balaban J connectivity index is 1.59. The van der Waals surface area contributed by atoms with E-state index in [1.807, 2.05) is 12.1 Å². The summed E-state index contributed by atoms with van der Waals surface area (Å²) in [6.45, 7) is 0.529. The first-order chi connectivity index (χ1) is 9.79. The van der Waals surface area contributed by atoms with E-state index in [-0.39, 0.29) is 17.1 Å². The Hall–Kier alpha value is -1.36. The van der Waals surface area contributed by atoms with E-state index in [2.05, 4.69) is 30.3 Å². The van der Waals surface area contributed by atoms with E-state index in [9.17, 15) is 4.79 Å². The van der Waals surface area contributed by atoms with Gasteiger partial charge in [-0.2, -0.15) is 0 Å². The molecule has 2 aromatic carbocycles. The molecule has 2 bridgehead atoms. The molecule has 2 aliphatic rings. The fraction of sp³-hybridized carbons (Fsp3) is 0.312. The van der Waals surface area contributed by atoms with Gasteiger partial charge in [-0.3, -0.25) is 4.79 Å². The highest BCUT2D eigenvalue weighted by molar-refractivity contribution is 8.00. The van der Waals surface area contributed by atoms with Crippen LogP contribution in [0.3, 0.4) is 0 Å². The van der Waals surface area contributed by atoms with Crippen molar-refractivity contribution in [2.45, 2.75) is 29.0 Å². The van der Waals surface area contributed by atoms with Crippen molar-refractivity contribution in [1.29, 1.82) is 0 Å². The average molecular weight is 286 g/mol. The normalized spacial score (nSPS) is 29.0. The second-order valence-corrected chi connectivity index (χ2v) is 6.49. The summed E-state index contributed by atoms with van der Waals surface area (Å²) < 4.78 is 10.9. The molecule has 3 atom stereocenters. The van der Waals surface area contributed by atoms with Crippen molar-refractivity contribution in [3.05, 3.63) is 42.5 Å². The Labute approximate surface area is 121 Å². The van der Waals surface area contributed by atoms with Gasteiger partial charge in [-0.15, -0.1) is 11.8 Å². The van der Waals surface area contributed by atoms with Crippen molar-refractivity contribution < 1.29 is 14.3 Å². The summed E-state index contributed by atoms with van der Waals surface area (Å²) >= 11 is 1.72. The van der Waals surface area contributed by atoms with Gasteiger partial charge in [0.2, 0.25) is 6.29 Å². The van der Waals surface area contributed by atoms with Crippen LogP contribution in [-0.4, -0.2) is 30.0 Å². The maximum absolute atomic E-state index is 11.8. The minimum atomic E-state index is -0.603. The Morgan fingerprint density at radius 1 is 1.10 bits per heavy atom. The van der Waals surface area contributed by atoms with E-state index < -0.39 is 6.29 Å². The van der Waals surface area contributed by atoms with E-state index in [1.165, 1.54) is 15.7 Å². The van der Waals surface area contributed by atoms with Crippen molar-refractivity contribution in [2.75, 3.05) is 6.61 Å². The predicted molar refractivity (Wildman–Crippen MR) is 77.8 cm³/mol. The largest absolute Gasteiger partial charge is 0.343 e. The third-order valence-corrected chi connectivity index (χ3v) is 5.10. The number of carbonyl (C=O) groups is 1. The van der Waals surface area contributed by atoms with Gasteiger partial charge in [0.15, 0.2) is 5.78 Å². The molecule has 2 aliphatic heterocycles. The molecule has 4 heteroatoms. The number of hydrogen-bond donors (Lipinski definition) is 0. The lowest BCUT2D eigenvalue weighted by molar-refractivity contribution is -0.151. The standard InChI is InChI=1S/C16H14O3S/c17-13-8-15(14-9-18-16(13)19-14)20-12-6-5-10-3-1-2-4-11(10)7-12/h1-7,14-16H,8-9H2/t14-,15+,16-/m1/s1. The highest BCUT2D eigenvalue weighted by atomic mass is 32.2. The summed E-state index contributed by atoms with van der Waals surface area (Å²) in [6.07, 6.45) is -0.0325. The van der Waals surface area contributed by atoms with Crippen molar-refractivity contribution in [2.24, 2.45) is 0 Å². The number of Topliss-reactive ketones (excluding diaryl/α,β-unsaturated/α-hetero) is 1. The molecule has 2 heterocycles. The molecule has 3 nitrogen and oxygen atoms in total. The van der Waals surface area contributed by atoms with Gasteiger partial charge in [-0.05, 0) is 22.9 Å². The fourth-order valence-electron chi connectivity index (χ4n) is 2.74. The van der Waals surface area contributed by atoms with E-state index in [1.54, 1.807) is 11.8 Å². The summed E-state index contributed by atoms with van der Waals surface area (Å²) in [5.74, 6) is 0.0667. The Kier molecular flexibility index (Phi) is 3.02. The lowest BCUT2D eigenvalue weighted by atomic mass is 10.1. The molecule has 2 saturated heterocycles. The molecule has 102 valence electrons. The van der Waals surface area contributed by atoms with Crippen molar-refractivity contribution in [1.82, 2.24) is 0 Å². The lowest BCUT2D eigenvalue weighted by Gasteiger charge is -2.25. The summed E-state index contributed by atoms with van der Waals surface area (Å²) in [4.78, 5) is 13.0. The molecule has 0 radical (unpaired) electrons. The van der Waals surface area contributed by atoms with Gasteiger partial charge < -0.3 is 9.47 Å². The maximum atomic E-state index is 11.8. The molecule has 0 saturated carbocycles. The van der Waals surface area contributed by atoms with E-state index in [0.717, 1.165) is 0 Å². The molecule has 4 rings (SSSR count). The summed E-state index contributed by atoms with van der Waals surface area (Å²) in [7, 11) is 0. The second-order valence-electron chi connectivity index (χ2n) is 5.18. The van der Waals surface area contributed by atoms with Gasteiger partial charge in [-0.1, -0.05) is 30.3 Å². The number of benzene rings is 2. The predicted octanol–water partition coefficient (Wildman–Crippen LogP) is 3.01. The van der Waals surface area contributed by atoms with E-state index in [4.69, 9.17) is 9.47 Å². The molecule has 2 fully saturated rings. The zero-order valence-electron chi connectivity index (χ0n) is 10.8. The molecule has 0 aliphatic carbocycles. The highest BCUT2D eigenvalue weighted by Crippen LogP contribution is 2.37. The second kappa shape index (κ2) is 4.88. The van der Waals surface area contributed by atoms with Crippen molar-refractivity contribution in [3.8, 4) is 0 Å². The number of ether oxygens (including phenoxy) is 2. The van der Waals surface area contributed by atoms with Crippen LogP contribution in [0.4, 0.5) is 0 Å². The molecule has 2 aromatic rings. The van der Waals surface area contributed by atoms with Crippen LogP contribution < -0.4 is 0 Å². The van der Waals surface area contributed by atoms with Crippen LogP contribution in [0, 0.1) is 0 Å². The Morgan fingerprint density at radius 3 is 2.85 bits per heavy atom. The minimum absolute atomic E-state index is 0.0363. The number of hydrogen-bond acceptors (Lipinski definition) is 4. The van der Waals surface area contributed by atoms with Crippen LogP contribution in [-0.2, 0) is 14.3 Å². The van der Waals surface area contributed by atoms with Crippen LogP contribution in [0.25, 0.3) is 10.8 Å². The van der Waals surface area contributed by atoms with E-state index in [0.29, 0.717) is 13.0 Å². The van der Waals surface area contributed by atoms with Crippen LogP contribution in [0.5, 0.6) is 0 Å². The Morgan fingerprint density at radius 2 is 1.95 bits per heavy atom. The molecule has 0 amide bonds.